The summed E-state index contributed by atoms with van der Waals surface area (Å²) in [5, 5.41) is 15.2. The summed E-state index contributed by atoms with van der Waals surface area (Å²) in [5.41, 5.74) is 0.826. The Kier molecular flexibility index (Phi) is 3.24. The van der Waals surface area contributed by atoms with Crippen molar-refractivity contribution >= 4 is 11.7 Å². The molecule has 1 aromatic rings. The first-order chi connectivity index (χ1) is 6.63. The van der Waals surface area contributed by atoms with Gasteiger partial charge >= 0.3 is 0 Å². The maximum atomic E-state index is 10.8. The number of aryl methyl sites for hydroxylation is 2. The third-order valence-electron chi connectivity index (χ3n) is 1.64. The van der Waals surface area contributed by atoms with Crippen LogP contribution in [-0.4, -0.2) is 15.7 Å². The van der Waals surface area contributed by atoms with E-state index in [0.717, 1.165) is 5.69 Å². The van der Waals surface area contributed by atoms with Gasteiger partial charge in [-0.15, -0.1) is 0 Å². The van der Waals surface area contributed by atoms with E-state index >= 15 is 0 Å². The molecule has 0 bridgehead atoms. The molecule has 0 radical (unpaired) electrons. The number of aromatic nitrogens is 2. The van der Waals surface area contributed by atoms with Crippen LogP contribution in [0.1, 0.15) is 19.0 Å². The molecule has 14 heavy (non-hydrogen) atoms. The van der Waals surface area contributed by atoms with Gasteiger partial charge in [-0.2, -0.15) is 10.4 Å². The highest BCUT2D eigenvalue weighted by atomic mass is 16.1. The molecule has 0 aliphatic carbocycles. The summed E-state index contributed by atoms with van der Waals surface area (Å²) in [6, 6.07) is 3.81. The van der Waals surface area contributed by atoms with E-state index in [9.17, 15) is 4.79 Å². The van der Waals surface area contributed by atoms with Gasteiger partial charge in [-0.3, -0.25) is 4.79 Å². The van der Waals surface area contributed by atoms with Gasteiger partial charge < -0.3 is 5.32 Å². The second-order valence-corrected chi connectivity index (χ2v) is 2.98. The topological polar surface area (TPSA) is 70.7 Å². The third-order valence-corrected chi connectivity index (χ3v) is 1.64. The fourth-order valence-corrected chi connectivity index (χ4v) is 1.15. The Morgan fingerprint density at radius 1 is 1.79 bits per heavy atom. The lowest BCUT2D eigenvalue weighted by molar-refractivity contribution is -0.114. The number of anilines is 1. The number of hydrogen-bond donors (Lipinski definition) is 1. The molecule has 0 unspecified atom stereocenters. The van der Waals surface area contributed by atoms with Gasteiger partial charge in [0.2, 0.25) is 5.91 Å². The van der Waals surface area contributed by atoms with Gasteiger partial charge in [-0.05, 0) is 6.92 Å². The van der Waals surface area contributed by atoms with E-state index in [1.807, 2.05) is 13.0 Å². The number of carbonyl (C=O) groups is 1. The lowest BCUT2D eigenvalue weighted by Gasteiger charge is -2.04. The Balaban J connectivity index is 2.80. The van der Waals surface area contributed by atoms with Gasteiger partial charge in [-0.25, -0.2) is 4.68 Å². The quantitative estimate of drug-likeness (QED) is 0.778. The smallest absolute Gasteiger partial charge is 0.222 e. The normalized spacial score (nSPS) is 9.50. The molecule has 5 nitrogen and oxygen atoms in total. The van der Waals surface area contributed by atoms with E-state index in [4.69, 9.17) is 5.26 Å². The van der Waals surface area contributed by atoms with Gasteiger partial charge in [0.25, 0.3) is 0 Å². The molecule has 1 aromatic heterocycles. The molecule has 1 amide bonds. The van der Waals surface area contributed by atoms with Gasteiger partial charge in [0.1, 0.15) is 5.82 Å². The van der Waals surface area contributed by atoms with Crippen LogP contribution in [-0.2, 0) is 11.3 Å². The molecular formula is C9H12N4O. The van der Waals surface area contributed by atoms with Crippen LogP contribution in [0, 0.1) is 18.3 Å². The van der Waals surface area contributed by atoms with Gasteiger partial charge in [-0.1, -0.05) is 0 Å². The summed E-state index contributed by atoms with van der Waals surface area (Å²) < 4.78 is 1.62. The first-order valence-electron chi connectivity index (χ1n) is 4.32. The van der Waals surface area contributed by atoms with Crippen molar-refractivity contribution in [2.75, 3.05) is 5.32 Å². The molecule has 0 spiro atoms. The van der Waals surface area contributed by atoms with Crippen LogP contribution in [0.4, 0.5) is 5.82 Å². The predicted octanol–water partition coefficient (Wildman–Crippen LogP) is 1.06. The summed E-state index contributed by atoms with van der Waals surface area (Å²) in [5.74, 6) is 0.508. The minimum absolute atomic E-state index is 0.136. The highest BCUT2D eigenvalue weighted by Crippen LogP contribution is 2.10. The number of hydrogen-bond acceptors (Lipinski definition) is 3. The second kappa shape index (κ2) is 4.42. The van der Waals surface area contributed by atoms with Crippen LogP contribution in [0.5, 0.6) is 0 Å². The van der Waals surface area contributed by atoms with Crippen molar-refractivity contribution in [1.29, 1.82) is 5.26 Å². The average molecular weight is 192 g/mol. The maximum absolute atomic E-state index is 10.8. The van der Waals surface area contributed by atoms with E-state index < -0.39 is 0 Å². The lowest BCUT2D eigenvalue weighted by Crippen LogP contribution is -2.12. The van der Waals surface area contributed by atoms with Gasteiger partial charge in [0.15, 0.2) is 0 Å². The molecule has 0 saturated carbocycles. The maximum Gasteiger partial charge on any atom is 0.222 e. The molecule has 74 valence electrons. The van der Waals surface area contributed by atoms with Gasteiger partial charge in [0.05, 0.1) is 24.7 Å². The van der Waals surface area contributed by atoms with Crippen molar-refractivity contribution < 1.29 is 4.79 Å². The Hall–Kier alpha value is -1.83. The summed E-state index contributed by atoms with van der Waals surface area (Å²) in [6.45, 7) is 3.78. The van der Waals surface area contributed by atoms with E-state index in [1.165, 1.54) is 6.92 Å². The Morgan fingerprint density at radius 2 is 2.50 bits per heavy atom. The van der Waals surface area contributed by atoms with Crippen molar-refractivity contribution in [2.24, 2.45) is 0 Å². The summed E-state index contributed by atoms with van der Waals surface area (Å²) in [7, 11) is 0. The van der Waals surface area contributed by atoms with E-state index in [1.54, 1.807) is 10.7 Å². The summed E-state index contributed by atoms with van der Waals surface area (Å²) in [6.07, 6.45) is 0.383. The number of nitriles is 1. The standard InChI is InChI=1S/C9H12N4O/c1-7-6-9(11-8(2)14)13(12-7)5-3-4-10/h6H,3,5H2,1-2H3,(H,11,14). The van der Waals surface area contributed by atoms with E-state index in [2.05, 4.69) is 10.4 Å². The molecule has 0 atom stereocenters. The fourth-order valence-electron chi connectivity index (χ4n) is 1.15. The fraction of sp³-hybridized carbons (Fsp3) is 0.444. The Bertz CT molecular complexity index is 375. The molecule has 1 heterocycles. The minimum atomic E-state index is -0.136. The first kappa shape index (κ1) is 10.3. The molecule has 0 aliphatic rings. The molecular weight excluding hydrogens is 180 g/mol. The molecule has 1 N–H and O–H groups in total. The van der Waals surface area contributed by atoms with Crippen molar-refractivity contribution in [3.05, 3.63) is 11.8 Å². The third kappa shape index (κ3) is 2.59. The molecule has 0 aromatic carbocycles. The van der Waals surface area contributed by atoms with Crippen molar-refractivity contribution in [2.45, 2.75) is 26.8 Å². The van der Waals surface area contributed by atoms with Crippen LogP contribution in [0.2, 0.25) is 0 Å². The van der Waals surface area contributed by atoms with Crippen LogP contribution in [0.25, 0.3) is 0 Å². The Labute approximate surface area is 82.3 Å². The zero-order valence-electron chi connectivity index (χ0n) is 8.24. The second-order valence-electron chi connectivity index (χ2n) is 2.98. The highest BCUT2D eigenvalue weighted by Gasteiger charge is 2.05. The predicted molar refractivity (Wildman–Crippen MR) is 51.5 cm³/mol. The highest BCUT2D eigenvalue weighted by molar-refractivity contribution is 5.87. The molecule has 0 aliphatic heterocycles. The molecule has 1 rings (SSSR count). The van der Waals surface area contributed by atoms with Crippen molar-refractivity contribution in [3.63, 3.8) is 0 Å². The monoisotopic (exact) mass is 192 g/mol. The van der Waals surface area contributed by atoms with Crippen LogP contribution >= 0.6 is 0 Å². The number of rotatable bonds is 3. The number of nitrogens with zero attached hydrogens (tertiary/aromatic N) is 3. The van der Waals surface area contributed by atoms with Crippen molar-refractivity contribution in [3.8, 4) is 6.07 Å². The summed E-state index contributed by atoms with van der Waals surface area (Å²) >= 11 is 0. The summed E-state index contributed by atoms with van der Waals surface area (Å²) in [4.78, 5) is 10.8. The van der Waals surface area contributed by atoms with Crippen LogP contribution in [0.3, 0.4) is 0 Å². The minimum Gasteiger partial charge on any atom is -0.311 e. The van der Waals surface area contributed by atoms with E-state index in [-0.39, 0.29) is 5.91 Å². The lowest BCUT2D eigenvalue weighted by atomic mass is 10.4. The van der Waals surface area contributed by atoms with Crippen LogP contribution in [0.15, 0.2) is 6.07 Å². The molecule has 0 fully saturated rings. The zero-order valence-corrected chi connectivity index (χ0v) is 8.24. The van der Waals surface area contributed by atoms with E-state index in [0.29, 0.717) is 18.8 Å². The largest absolute Gasteiger partial charge is 0.311 e. The molecule has 5 heteroatoms. The zero-order chi connectivity index (χ0) is 10.6. The van der Waals surface area contributed by atoms with Crippen LogP contribution < -0.4 is 5.32 Å². The first-order valence-corrected chi connectivity index (χ1v) is 4.32. The Morgan fingerprint density at radius 3 is 3.07 bits per heavy atom. The molecule has 0 saturated heterocycles. The number of amides is 1. The van der Waals surface area contributed by atoms with Gasteiger partial charge in [0, 0.05) is 13.0 Å². The average Bonchev–Trinajstić information content (AvgIpc) is 2.41. The SMILES string of the molecule is CC(=O)Nc1cc(C)nn1CCC#N. The van der Waals surface area contributed by atoms with Crippen molar-refractivity contribution in [1.82, 2.24) is 9.78 Å². The number of nitrogens with one attached hydrogen (secondary N) is 1. The number of carbonyl (C=O) groups excluding carboxylic acids is 1.